The van der Waals surface area contributed by atoms with Gasteiger partial charge in [0.05, 0.1) is 0 Å². The van der Waals surface area contributed by atoms with Crippen LogP contribution in [0.3, 0.4) is 0 Å². The molecule has 2 nitrogen and oxygen atoms in total. The van der Waals surface area contributed by atoms with Crippen LogP contribution in [-0.4, -0.2) is 18.1 Å². The molecule has 0 unspecified atom stereocenters. The van der Waals surface area contributed by atoms with Gasteiger partial charge in [0.1, 0.15) is 6.67 Å². The van der Waals surface area contributed by atoms with Gasteiger partial charge in [-0.1, -0.05) is 42.5 Å². The Morgan fingerprint density at radius 3 is 2.44 bits per heavy atom. The number of hydrogen-bond acceptors (Lipinski definition) is 2. The topological polar surface area (TPSA) is 38.0 Å². The van der Waals surface area contributed by atoms with E-state index in [2.05, 4.69) is 29.6 Å². The highest BCUT2D eigenvalue weighted by Crippen LogP contribution is 2.42. The first-order valence-electron chi connectivity index (χ1n) is 9.50. The minimum absolute atomic E-state index is 0.409. The second kappa shape index (κ2) is 7.27. The highest BCUT2D eigenvalue weighted by molar-refractivity contribution is 5.64. The fourth-order valence-corrected chi connectivity index (χ4v) is 4.09. The molecule has 0 amide bonds. The maximum atomic E-state index is 12.8. The third kappa shape index (κ3) is 3.94. The summed E-state index contributed by atoms with van der Waals surface area (Å²) in [5.74, 6) is 0.641. The summed E-state index contributed by atoms with van der Waals surface area (Å²) in [5.41, 5.74) is 10.4. The van der Waals surface area contributed by atoms with Crippen molar-refractivity contribution in [1.82, 2.24) is 5.32 Å². The Labute approximate surface area is 149 Å². The summed E-state index contributed by atoms with van der Waals surface area (Å²) in [6.07, 6.45) is 5.98. The highest BCUT2D eigenvalue weighted by Gasteiger charge is 2.39. The highest BCUT2D eigenvalue weighted by atomic mass is 19.1. The van der Waals surface area contributed by atoms with Gasteiger partial charge in [0.2, 0.25) is 0 Å². The van der Waals surface area contributed by atoms with Crippen molar-refractivity contribution in [3.05, 3.63) is 59.7 Å². The van der Waals surface area contributed by atoms with Gasteiger partial charge in [0.25, 0.3) is 0 Å². The number of halogens is 1. The summed E-state index contributed by atoms with van der Waals surface area (Å²) in [6.45, 7) is -0.409. The molecule has 2 atom stereocenters. The molecular formula is C22H27FN2. The second-order valence-electron chi connectivity index (χ2n) is 7.68. The van der Waals surface area contributed by atoms with E-state index in [1.165, 1.54) is 24.8 Å². The molecule has 3 heteroatoms. The van der Waals surface area contributed by atoms with Crippen molar-refractivity contribution >= 4 is 0 Å². The average Bonchev–Trinajstić information content (AvgIpc) is 3.43. The van der Waals surface area contributed by atoms with E-state index < -0.39 is 6.67 Å². The first-order valence-corrected chi connectivity index (χ1v) is 9.50. The summed E-state index contributed by atoms with van der Waals surface area (Å²) in [4.78, 5) is 0. The lowest BCUT2D eigenvalue weighted by Gasteiger charge is -2.27. The number of rotatable bonds is 5. The molecule has 0 bridgehead atoms. The molecular weight excluding hydrogens is 311 g/mol. The Morgan fingerprint density at radius 1 is 0.960 bits per heavy atom. The van der Waals surface area contributed by atoms with E-state index in [1.54, 1.807) is 0 Å². The van der Waals surface area contributed by atoms with E-state index in [4.69, 9.17) is 5.73 Å². The smallest absolute Gasteiger partial charge is 0.115 e. The van der Waals surface area contributed by atoms with E-state index in [1.807, 2.05) is 24.3 Å². The van der Waals surface area contributed by atoms with Gasteiger partial charge >= 0.3 is 0 Å². The fourth-order valence-electron chi connectivity index (χ4n) is 4.09. The van der Waals surface area contributed by atoms with Gasteiger partial charge in [-0.05, 0) is 60.4 Å². The SMILES string of the molecule is N[C@H]1CC[C@@H](N[C@H]2C[C@@H]2c2ccc(-c3cccc(CF)c3)cc2)CC1. The molecule has 2 aliphatic rings. The predicted octanol–water partition coefficient (Wildman–Crippen LogP) is 4.54. The van der Waals surface area contributed by atoms with E-state index in [0.29, 0.717) is 24.0 Å². The van der Waals surface area contributed by atoms with Gasteiger partial charge in [-0.25, -0.2) is 4.39 Å². The normalized spacial score (nSPS) is 28.7. The van der Waals surface area contributed by atoms with Crippen LogP contribution in [0.4, 0.5) is 4.39 Å². The van der Waals surface area contributed by atoms with Gasteiger partial charge in [0, 0.05) is 24.0 Å². The molecule has 2 saturated carbocycles. The predicted molar refractivity (Wildman–Crippen MR) is 101 cm³/mol. The van der Waals surface area contributed by atoms with E-state index in [-0.39, 0.29) is 0 Å². The first-order chi connectivity index (χ1) is 12.2. The molecule has 25 heavy (non-hydrogen) atoms. The van der Waals surface area contributed by atoms with Crippen LogP contribution in [0.25, 0.3) is 11.1 Å². The van der Waals surface area contributed by atoms with Crippen LogP contribution in [-0.2, 0) is 6.67 Å². The van der Waals surface area contributed by atoms with Crippen molar-refractivity contribution < 1.29 is 4.39 Å². The number of benzene rings is 2. The van der Waals surface area contributed by atoms with Crippen molar-refractivity contribution in [1.29, 1.82) is 0 Å². The van der Waals surface area contributed by atoms with Crippen molar-refractivity contribution in [2.24, 2.45) is 5.73 Å². The van der Waals surface area contributed by atoms with Gasteiger partial charge in [-0.3, -0.25) is 0 Å². The standard InChI is InChI=1S/C22H27FN2/c23-14-15-2-1-3-18(12-15)16-4-6-17(7-5-16)21-13-22(21)25-20-10-8-19(24)9-11-20/h1-7,12,19-22,25H,8-11,13-14,24H2/t19-,20+,21-,22+/m1/s1. The van der Waals surface area contributed by atoms with Crippen molar-refractivity contribution in [3.8, 4) is 11.1 Å². The summed E-state index contributed by atoms with van der Waals surface area (Å²) in [6, 6.07) is 18.2. The number of nitrogens with two attached hydrogens (primary N) is 1. The van der Waals surface area contributed by atoms with Crippen molar-refractivity contribution in [2.75, 3.05) is 0 Å². The van der Waals surface area contributed by atoms with Gasteiger partial charge in [-0.2, -0.15) is 0 Å². The monoisotopic (exact) mass is 338 g/mol. The second-order valence-corrected chi connectivity index (χ2v) is 7.68. The summed E-state index contributed by atoms with van der Waals surface area (Å²) in [5, 5.41) is 3.83. The van der Waals surface area contributed by atoms with Crippen LogP contribution in [0.15, 0.2) is 48.5 Å². The van der Waals surface area contributed by atoms with Gasteiger partial charge < -0.3 is 11.1 Å². The van der Waals surface area contributed by atoms with Crippen LogP contribution < -0.4 is 11.1 Å². The van der Waals surface area contributed by atoms with E-state index >= 15 is 0 Å². The van der Waals surface area contributed by atoms with Crippen LogP contribution in [0.5, 0.6) is 0 Å². The van der Waals surface area contributed by atoms with E-state index in [9.17, 15) is 4.39 Å². The summed E-state index contributed by atoms with van der Waals surface area (Å²) >= 11 is 0. The maximum absolute atomic E-state index is 12.8. The molecule has 132 valence electrons. The Kier molecular flexibility index (Phi) is 4.87. The number of alkyl halides is 1. The molecule has 0 aromatic heterocycles. The van der Waals surface area contributed by atoms with Crippen LogP contribution in [0.2, 0.25) is 0 Å². The largest absolute Gasteiger partial charge is 0.328 e. The van der Waals surface area contributed by atoms with Crippen LogP contribution >= 0.6 is 0 Å². The lowest BCUT2D eigenvalue weighted by molar-refractivity contribution is 0.339. The van der Waals surface area contributed by atoms with Crippen molar-refractivity contribution in [3.63, 3.8) is 0 Å². The Hall–Kier alpha value is -1.71. The fraction of sp³-hybridized carbons (Fsp3) is 0.455. The quantitative estimate of drug-likeness (QED) is 0.840. The lowest BCUT2D eigenvalue weighted by atomic mass is 9.92. The molecule has 0 spiro atoms. The molecule has 2 aromatic rings. The zero-order chi connectivity index (χ0) is 17.2. The van der Waals surface area contributed by atoms with Gasteiger partial charge in [-0.15, -0.1) is 0 Å². The van der Waals surface area contributed by atoms with Crippen LogP contribution in [0.1, 0.15) is 49.1 Å². The molecule has 2 aliphatic carbocycles. The third-order valence-corrected chi connectivity index (χ3v) is 5.77. The summed E-state index contributed by atoms with van der Waals surface area (Å²) < 4.78 is 12.8. The Balaban J connectivity index is 1.36. The van der Waals surface area contributed by atoms with Gasteiger partial charge in [0.15, 0.2) is 0 Å². The Bertz CT molecular complexity index is 704. The molecule has 2 aromatic carbocycles. The lowest BCUT2D eigenvalue weighted by Crippen LogP contribution is -2.38. The molecule has 2 fully saturated rings. The minimum Gasteiger partial charge on any atom is -0.328 e. The maximum Gasteiger partial charge on any atom is 0.115 e. The van der Waals surface area contributed by atoms with E-state index in [0.717, 1.165) is 29.5 Å². The third-order valence-electron chi connectivity index (χ3n) is 5.77. The zero-order valence-corrected chi connectivity index (χ0v) is 14.6. The molecule has 3 N–H and O–H groups in total. The summed E-state index contributed by atoms with van der Waals surface area (Å²) in [7, 11) is 0. The van der Waals surface area contributed by atoms with Crippen LogP contribution in [0, 0.1) is 0 Å². The molecule has 0 heterocycles. The molecule has 0 aliphatic heterocycles. The minimum atomic E-state index is -0.409. The number of nitrogens with one attached hydrogen (secondary N) is 1. The van der Waals surface area contributed by atoms with Crippen molar-refractivity contribution in [2.45, 2.75) is 62.8 Å². The zero-order valence-electron chi connectivity index (χ0n) is 14.6. The average molecular weight is 338 g/mol. The molecule has 4 rings (SSSR count). The first kappa shape index (κ1) is 16.7. The molecule has 0 saturated heterocycles. The molecule has 0 radical (unpaired) electrons. The number of hydrogen-bond donors (Lipinski definition) is 2. The Morgan fingerprint density at radius 2 is 1.72 bits per heavy atom.